The van der Waals surface area contributed by atoms with Crippen molar-refractivity contribution >= 4 is 33.2 Å². The van der Waals surface area contributed by atoms with Gasteiger partial charge in [-0.15, -0.1) is 0 Å². The van der Waals surface area contributed by atoms with Gasteiger partial charge in [0.25, 0.3) is 0 Å². The Labute approximate surface area is 306 Å². The Morgan fingerprint density at radius 2 is 1.27 bits per heavy atom. The minimum atomic E-state index is -0.0392. The largest absolute Gasteiger partial charge is 0.311 e. The lowest BCUT2D eigenvalue weighted by Gasteiger charge is -2.36. The van der Waals surface area contributed by atoms with Gasteiger partial charge in [0, 0.05) is 44.4 Å². The van der Waals surface area contributed by atoms with Gasteiger partial charge >= 0.3 is 0 Å². The molecule has 0 bridgehead atoms. The van der Waals surface area contributed by atoms with E-state index in [9.17, 15) is 0 Å². The molecule has 10 rings (SSSR count). The molecule has 3 aliphatic carbocycles. The van der Waals surface area contributed by atoms with Gasteiger partial charge in [0.1, 0.15) is 0 Å². The van der Waals surface area contributed by atoms with Crippen LogP contribution in [0.25, 0.3) is 49.7 Å². The second-order valence-corrected chi connectivity index (χ2v) is 15.3. The molecule has 250 valence electrons. The smallest absolute Gasteiger partial charge is 0.0542 e. The van der Waals surface area contributed by atoms with Crippen LogP contribution >= 0.6 is 0 Å². The molecule has 3 aliphatic rings. The van der Waals surface area contributed by atoms with E-state index in [1.54, 1.807) is 0 Å². The van der Waals surface area contributed by atoms with E-state index in [4.69, 9.17) is 0 Å². The molecule has 1 atom stereocenters. The van der Waals surface area contributed by atoms with Crippen LogP contribution in [0.15, 0.2) is 187 Å². The fourth-order valence-corrected chi connectivity index (χ4v) is 8.91. The van der Waals surface area contributed by atoms with Crippen molar-refractivity contribution in [2.24, 2.45) is 5.41 Å². The molecule has 1 unspecified atom stereocenters. The van der Waals surface area contributed by atoms with Crippen LogP contribution in [0.2, 0.25) is 0 Å². The first-order valence-electron chi connectivity index (χ1n) is 18.4. The van der Waals surface area contributed by atoms with Crippen LogP contribution in [0, 0.1) is 5.41 Å². The number of nitrogens with zero attached hydrogens (tertiary/aromatic N) is 2. The predicted molar refractivity (Wildman–Crippen MR) is 220 cm³/mol. The third kappa shape index (κ3) is 4.64. The van der Waals surface area contributed by atoms with Gasteiger partial charge in [-0.25, -0.2) is 0 Å². The van der Waals surface area contributed by atoms with Crippen LogP contribution < -0.4 is 4.90 Å². The predicted octanol–water partition coefficient (Wildman–Crippen LogP) is 13.2. The van der Waals surface area contributed by atoms with Crippen molar-refractivity contribution in [3.8, 4) is 27.9 Å². The van der Waals surface area contributed by atoms with Crippen molar-refractivity contribution in [1.82, 2.24) is 4.57 Å². The van der Waals surface area contributed by atoms with E-state index < -0.39 is 0 Å². The summed E-state index contributed by atoms with van der Waals surface area (Å²) < 4.78 is 2.41. The summed E-state index contributed by atoms with van der Waals surface area (Å²) in [5, 5.41) is 2.49. The third-order valence-corrected chi connectivity index (χ3v) is 11.8. The number of hydrogen-bond donors (Lipinski definition) is 0. The van der Waals surface area contributed by atoms with Crippen LogP contribution in [0.4, 0.5) is 11.4 Å². The van der Waals surface area contributed by atoms with E-state index in [-0.39, 0.29) is 10.8 Å². The summed E-state index contributed by atoms with van der Waals surface area (Å²) >= 11 is 0. The van der Waals surface area contributed by atoms with Crippen LogP contribution in [-0.4, -0.2) is 4.57 Å². The van der Waals surface area contributed by atoms with Crippen molar-refractivity contribution < 1.29 is 0 Å². The number of benzene rings is 6. The zero-order valence-corrected chi connectivity index (χ0v) is 29.8. The number of aromatic nitrogens is 1. The Kier molecular flexibility index (Phi) is 6.76. The maximum atomic E-state index is 2.48. The molecular formula is C50H40N2. The lowest BCUT2D eigenvalue weighted by atomic mass is 9.73. The highest BCUT2D eigenvalue weighted by molar-refractivity contribution is 6.10. The average Bonchev–Trinajstić information content (AvgIpc) is 3.63. The number of anilines is 2. The van der Waals surface area contributed by atoms with E-state index in [0.717, 1.165) is 17.8 Å². The third-order valence-electron chi connectivity index (χ3n) is 11.8. The number of para-hydroxylation sites is 1. The van der Waals surface area contributed by atoms with E-state index in [1.165, 1.54) is 72.1 Å². The molecule has 7 aromatic rings. The summed E-state index contributed by atoms with van der Waals surface area (Å²) in [5.74, 6) is 0. The summed E-state index contributed by atoms with van der Waals surface area (Å²) in [6.45, 7) is 7.05. The van der Waals surface area contributed by atoms with E-state index in [1.807, 2.05) is 0 Å². The highest BCUT2D eigenvalue weighted by Crippen LogP contribution is 2.51. The summed E-state index contributed by atoms with van der Waals surface area (Å²) in [7, 11) is 0. The van der Waals surface area contributed by atoms with Gasteiger partial charge < -0.3 is 9.47 Å². The quantitative estimate of drug-likeness (QED) is 0.177. The van der Waals surface area contributed by atoms with Gasteiger partial charge in [-0.1, -0.05) is 142 Å². The molecule has 6 aromatic carbocycles. The van der Waals surface area contributed by atoms with Crippen molar-refractivity contribution in [1.29, 1.82) is 0 Å². The van der Waals surface area contributed by atoms with Gasteiger partial charge in [-0.3, -0.25) is 0 Å². The first-order valence-corrected chi connectivity index (χ1v) is 18.4. The highest BCUT2D eigenvalue weighted by Gasteiger charge is 2.36. The molecule has 2 nitrogen and oxygen atoms in total. The van der Waals surface area contributed by atoms with Gasteiger partial charge in [-0.05, 0) is 100.0 Å². The molecule has 0 radical (unpaired) electrons. The van der Waals surface area contributed by atoms with E-state index >= 15 is 0 Å². The fourth-order valence-electron chi connectivity index (χ4n) is 8.91. The Hall–Kier alpha value is -6.12. The van der Waals surface area contributed by atoms with E-state index in [2.05, 4.69) is 206 Å². The monoisotopic (exact) mass is 668 g/mol. The molecule has 0 amide bonds. The van der Waals surface area contributed by atoms with Crippen LogP contribution in [0.5, 0.6) is 0 Å². The highest BCUT2D eigenvalue weighted by atomic mass is 15.1. The Morgan fingerprint density at radius 1 is 0.577 bits per heavy atom. The maximum Gasteiger partial charge on any atom is 0.0542 e. The van der Waals surface area contributed by atoms with E-state index in [0.29, 0.717) is 0 Å². The van der Waals surface area contributed by atoms with Gasteiger partial charge in [0.05, 0.1) is 11.0 Å². The van der Waals surface area contributed by atoms with Gasteiger partial charge in [-0.2, -0.15) is 0 Å². The molecule has 0 spiro atoms. The van der Waals surface area contributed by atoms with Gasteiger partial charge in [0.15, 0.2) is 0 Å². The molecular weight excluding hydrogens is 629 g/mol. The van der Waals surface area contributed by atoms with Crippen LogP contribution in [0.1, 0.15) is 38.3 Å². The summed E-state index contributed by atoms with van der Waals surface area (Å²) in [5.41, 5.74) is 16.3. The first-order chi connectivity index (χ1) is 25.4. The van der Waals surface area contributed by atoms with Crippen molar-refractivity contribution in [2.45, 2.75) is 32.6 Å². The molecule has 2 heteroatoms. The minimum Gasteiger partial charge on any atom is -0.311 e. The fraction of sp³-hybridized carbons (Fsp3) is 0.120. The number of fused-ring (bicyclic) bond motifs is 7. The molecule has 1 heterocycles. The number of allylic oxidation sites excluding steroid dienone is 7. The van der Waals surface area contributed by atoms with Crippen LogP contribution in [0.3, 0.4) is 0 Å². The lowest BCUT2D eigenvalue weighted by molar-refractivity contribution is 0.523. The second-order valence-electron chi connectivity index (χ2n) is 15.3. The summed E-state index contributed by atoms with van der Waals surface area (Å²) in [6, 6.07) is 51.5. The topological polar surface area (TPSA) is 8.17 Å². The van der Waals surface area contributed by atoms with Crippen molar-refractivity contribution in [3.05, 3.63) is 198 Å². The molecule has 0 aliphatic heterocycles. The first kappa shape index (κ1) is 30.7. The molecule has 0 fully saturated rings. The Balaban J connectivity index is 1.15. The zero-order valence-electron chi connectivity index (χ0n) is 29.8. The van der Waals surface area contributed by atoms with Crippen LogP contribution in [-0.2, 0) is 5.41 Å². The molecule has 0 saturated carbocycles. The number of hydrogen-bond acceptors (Lipinski definition) is 1. The molecule has 1 aromatic heterocycles. The molecule has 0 N–H and O–H groups in total. The van der Waals surface area contributed by atoms with Crippen molar-refractivity contribution in [2.75, 3.05) is 4.90 Å². The Bertz CT molecular complexity index is 2680. The average molecular weight is 669 g/mol. The maximum absolute atomic E-state index is 2.48. The number of rotatable bonds is 5. The SMILES string of the molecule is CC12C=CC=CC1=CC(N(c1ccc3c(c1)-c1ccccc1C3(C)C)c1ccc3c(c1)c1ccccc1n3-c1ccc(-c3ccccc3)cc1)=CC2. The summed E-state index contributed by atoms with van der Waals surface area (Å²) in [4.78, 5) is 2.48. The summed E-state index contributed by atoms with van der Waals surface area (Å²) in [6.07, 6.45) is 14.8. The Morgan fingerprint density at radius 3 is 2.13 bits per heavy atom. The van der Waals surface area contributed by atoms with Crippen molar-refractivity contribution in [3.63, 3.8) is 0 Å². The standard InChI is InChI=1S/C50H40N2/c1-49(2)45-18-9-7-16-41(45)43-32-38(24-26-46(43)49)51(40-28-30-50(3)29-12-11-15-36(50)31-40)39-25-27-48-44(33-39)42-17-8-10-19-47(42)52(48)37-22-20-35(21-23-37)34-13-5-4-6-14-34/h4-29,31-33H,30H2,1-3H3. The van der Waals surface area contributed by atoms with Gasteiger partial charge in [0.2, 0.25) is 0 Å². The second kappa shape index (κ2) is 11.4. The molecule has 52 heavy (non-hydrogen) atoms. The lowest BCUT2D eigenvalue weighted by Crippen LogP contribution is -2.24. The molecule has 0 saturated heterocycles. The minimum absolute atomic E-state index is 0.0122. The zero-order chi connectivity index (χ0) is 35.0. The normalized spacial score (nSPS) is 18.1.